The van der Waals surface area contributed by atoms with E-state index in [0.717, 1.165) is 16.2 Å². The van der Waals surface area contributed by atoms with Crippen molar-refractivity contribution in [3.63, 3.8) is 0 Å². The lowest BCUT2D eigenvalue weighted by molar-refractivity contribution is -0.150. The zero-order valence-corrected chi connectivity index (χ0v) is 21.4. The van der Waals surface area contributed by atoms with E-state index in [1.165, 1.54) is 34.9 Å². The fourth-order valence-electron chi connectivity index (χ4n) is 3.52. The molecule has 3 amide bonds. The Balaban J connectivity index is 1.51. The highest BCUT2D eigenvalue weighted by Gasteiger charge is 2.54. The predicted octanol–water partition coefficient (Wildman–Crippen LogP) is 0.699. The second-order valence-electron chi connectivity index (χ2n) is 7.81. The molecule has 5 N–H and O–H groups in total. The summed E-state index contributed by atoms with van der Waals surface area (Å²) in [6.45, 7) is 0. The number of thioether (sulfide) groups is 1. The molecule has 2 aromatic rings. The average Bonchev–Trinajstić information content (AvgIpc) is 3.46. The third kappa shape index (κ3) is 4.90. The fraction of sp³-hybridized carbons (Fsp3) is 0.250. The molecule has 4 rings (SSSR count). The van der Waals surface area contributed by atoms with Crippen molar-refractivity contribution in [3.8, 4) is 0 Å². The van der Waals surface area contributed by atoms with Crippen LogP contribution in [0.3, 0.4) is 0 Å². The van der Waals surface area contributed by atoms with E-state index in [0.29, 0.717) is 5.57 Å². The number of fused-ring (bicyclic) bond motifs is 1. The van der Waals surface area contributed by atoms with E-state index in [4.69, 9.17) is 21.9 Å². The first-order valence-corrected chi connectivity index (χ1v) is 12.5. The molecule has 2 aliphatic rings. The number of rotatable bonds is 7. The molecular weight excluding hydrogens is 550 g/mol. The van der Waals surface area contributed by atoms with Crippen LogP contribution in [0.2, 0.25) is 4.34 Å². The van der Waals surface area contributed by atoms with E-state index in [1.54, 1.807) is 14.1 Å². The number of amides is 3. The molecule has 2 aliphatic heterocycles. The smallest absolute Gasteiger partial charge is 0.352 e. The summed E-state index contributed by atoms with van der Waals surface area (Å²) in [7, 11) is 3.13. The molecule has 0 radical (unpaired) electrons. The van der Waals surface area contributed by atoms with Crippen molar-refractivity contribution in [3.05, 3.63) is 44.9 Å². The van der Waals surface area contributed by atoms with Gasteiger partial charge in [0.1, 0.15) is 27.1 Å². The number of nitrogen functional groups attached to an aromatic ring is 1. The van der Waals surface area contributed by atoms with Gasteiger partial charge in [-0.25, -0.2) is 9.78 Å². The van der Waals surface area contributed by atoms with Gasteiger partial charge < -0.3 is 30.8 Å². The summed E-state index contributed by atoms with van der Waals surface area (Å²) < 4.78 is 5.12. The van der Waals surface area contributed by atoms with E-state index in [1.807, 2.05) is 0 Å². The maximum absolute atomic E-state index is 12.9. The number of carboxylic acid groups (broad SMARTS) is 1. The minimum absolute atomic E-state index is 0.0199. The molecule has 17 heteroatoms. The lowest BCUT2D eigenvalue weighted by atomic mass is 10.0. The van der Waals surface area contributed by atoms with Crippen LogP contribution in [0.5, 0.6) is 0 Å². The molecule has 0 aromatic carbocycles. The van der Waals surface area contributed by atoms with E-state index in [2.05, 4.69) is 20.6 Å². The van der Waals surface area contributed by atoms with Crippen molar-refractivity contribution < 1.29 is 34.0 Å². The quantitative estimate of drug-likeness (QED) is 0.158. The van der Waals surface area contributed by atoms with Crippen LogP contribution in [0.25, 0.3) is 6.08 Å². The lowest BCUT2D eigenvalue weighted by Crippen LogP contribution is -2.71. The van der Waals surface area contributed by atoms with Gasteiger partial charge >= 0.3 is 5.97 Å². The molecule has 1 saturated heterocycles. The number of thiazole rings is 1. The number of nitrogens with two attached hydrogens (primary N) is 1. The fourth-order valence-corrected chi connectivity index (χ4v) is 5.77. The Bertz CT molecular complexity index is 1400. The average molecular weight is 568 g/mol. The molecular formula is C20H18ClN7O7S2. The monoisotopic (exact) mass is 567 g/mol. The Kier molecular flexibility index (Phi) is 7.24. The summed E-state index contributed by atoms with van der Waals surface area (Å²) in [6, 6.07) is 0.319. The minimum atomic E-state index is -1.34. The van der Waals surface area contributed by atoms with Gasteiger partial charge in [-0.1, -0.05) is 39.3 Å². The van der Waals surface area contributed by atoms with Crippen molar-refractivity contribution >= 4 is 75.3 Å². The second kappa shape index (κ2) is 10.2. The minimum Gasteiger partial charge on any atom is -0.477 e. The van der Waals surface area contributed by atoms with Crippen molar-refractivity contribution in [1.29, 1.82) is 0 Å². The van der Waals surface area contributed by atoms with E-state index in [9.17, 15) is 29.5 Å². The van der Waals surface area contributed by atoms with Crippen LogP contribution in [0.4, 0.5) is 5.13 Å². The zero-order chi connectivity index (χ0) is 27.0. The van der Waals surface area contributed by atoms with Gasteiger partial charge in [0.2, 0.25) is 0 Å². The summed E-state index contributed by atoms with van der Waals surface area (Å²) in [5.74, 6) is -2.91. The summed E-state index contributed by atoms with van der Waals surface area (Å²) >= 11 is 8.07. The number of nitrogens with zero attached hydrogens (tertiary/aromatic N) is 5. The number of β-lactam (4-membered cyclic amide) rings is 1. The van der Waals surface area contributed by atoms with E-state index >= 15 is 0 Å². The number of oxime groups is 1. The third-order valence-corrected chi connectivity index (χ3v) is 7.62. The summed E-state index contributed by atoms with van der Waals surface area (Å²) in [5.41, 5.74) is 5.01. The lowest BCUT2D eigenvalue weighted by Gasteiger charge is -2.49. The number of carboxylic acids is 1. The number of hydrogen-bond acceptors (Lipinski definition) is 12. The molecule has 14 nitrogen and oxygen atoms in total. The highest BCUT2D eigenvalue weighted by molar-refractivity contribution is 8.00. The first-order valence-electron chi connectivity index (χ1n) is 10.3. The van der Waals surface area contributed by atoms with Crippen molar-refractivity contribution in [2.24, 2.45) is 5.16 Å². The summed E-state index contributed by atoms with van der Waals surface area (Å²) in [5, 5.41) is 27.5. The summed E-state index contributed by atoms with van der Waals surface area (Å²) in [4.78, 5) is 55.8. The highest BCUT2D eigenvalue weighted by atomic mass is 35.5. The first kappa shape index (κ1) is 26.2. The maximum atomic E-state index is 12.9. The van der Waals surface area contributed by atoms with Gasteiger partial charge in [-0.2, -0.15) is 0 Å². The highest BCUT2D eigenvalue weighted by Crippen LogP contribution is 2.41. The van der Waals surface area contributed by atoms with Crippen LogP contribution in [0.15, 0.2) is 33.1 Å². The molecule has 0 spiro atoms. The Labute approximate surface area is 221 Å². The van der Waals surface area contributed by atoms with E-state index in [-0.39, 0.29) is 44.0 Å². The Morgan fingerprint density at radius 1 is 1.38 bits per heavy atom. The predicted molar refractivity (Wildman–Crippen MR) is 133 cm³/mol. The van der Waals surface area contributed by atoms with Gasteiger partial charge in [-0.15, -0.1) is 11.8 Å². The molecule has 4 heterocycles. The largest absolute Gasteiger partial charge is 0.477 e. The van der Waals surface area contributed by atoms with E-state index < -0.39 is 34.9 Å². The van der Waals surface area contributed by atoms with Crippen LogP contribution in [-0.4, -0.2) is 90.9 Å². The number of allylic oxidation sites excluding steroid dienone is 1. The van der Waals surface area contributed by atoms with Gasteiger partial charge in [0.25, 0.3) is 17.7 Å². The Morgan fingerprint density at radius 2 is 2.11 bits per heavy atom. The molecule has 1 fully saturated rings. The standard InChI is InChI=1S/C20H18ClN7O7S2/c1-27(2)16(30)9-5-8(35-26-9)4-3-7-6-36-18-12(17(31)28(18)13(7)19(32)33)23-15(29)11(25-34)10-14(21)37-20(22)24-10/h3-5,12,18,34H,6H2,1-2H3,(H2,22,24)(H,23,29)(H,32,33)/b4-3-,25-11-/t12-,18-/m1/s1. The van der Waals surface area contributed by atoms with Crippen molar-refractivity contribution in [2.45, 2.75) is 11.4 Å². The van der Waals surface area contributed by atoms with Gasteiger partial charge in [0, 0.05) is 25.9 Å². The van der Waals surface area contributed by atoms with Crippen LogP contribution in [0, 0.1) is 0 Å². The van der Waals surface area contributed by atoms with Crippen molar-refractivity contribution in [1.82, 2.24) is 25.3 Å². The Hall–Kier alpha value is -3.89. The molecule has 0 unspecified atom stereocenters. The normalized spacial score (nSPS) is 19.6. The first-order chi connectivity index (χ1) is 17.5. The molecule has 0 aliphatic carbocycles. The molecule has 37 heavy (non-hydrogen) atoms. The molecule has 194 valence electrons. The van der Waals surface area contributed by atoms with Gasteiger partial charge in [0.15, 0.2) is 22.3 Å². The van der Waals surface area contributed by atoms with Gasteiger partial charge in [-0.3, -0.25) is 19.3 Å². The number of carbonyl (C=O) groups is 4. The number of aromatic nitrogens is 2. The van der Waals surface area contributed by atoms with Crippen molar-refractivity contribution in [2.75, 3.05) is 25.6 Å². The van der Waals surface area contributed by atoms with Crippen LogP contribution in [-0.2, 0) is 14.4 Å². The molecule has 2 aromatic heterocycles. The SMILES string of the molecule is CN(C)C(=O)c1cc(/C=C\C2=C(C(=O)O)N3C(=O)[C@@H](NC(=O)/C(=N\O)c4nc(N)sc4Cl)[C@H]3SC2)on1. The van der Waals surface area contributed by atoms with Crippen LogP contribution in [0.1, 0.15) is 21.9 Å². The van der Waals surface area contributed by atoms with Crippen LogP contribution < -0.4 is 11.1 Å². The Morgan fingerprint density at radius 3 is 2.70 bits per heavy atom. The topological polar surface area (TPSA) is 205 Å². The summed E-state index contributed by atoms with van der Waals surface area (Å²) in [6.07, 6.45) is 2.90. The number of nitrogens with one attached hydrogen (secondary N) is 1. The van der Waals surface area contributed by atoms with Gasteiger partial charge in [0.05, 0.1) is 0 Å². The number of hydrogen-bond donors (Lipinski definition) is 4. The number of aliphatic carboxylic acids is 1. The van der Waals surface area contributed by atoms with Gasteiger partial charge in [-0.05, 0) is 11.6 Å². The molecule has 0 bridgehead atoms. The third-order valence-electron chi connectivity index (χ3n) is 5.23. The number of anilines is 1. The number of halogens is 1. The molecule has 2 atom stereocenters. The maximum Gasteiger partial charge on any atom is 0.352 e. The number of carbonyl (C=O) groups excluding carboxylic acids is 3. The van der Waals surface area contributed by atoms with Crippen LogP contribution >= 0.6 is 34.7 Å². The second-order valence-corrected chi connectivity index (χ2v) is 10.5. The molecule has 0 saturated carbocycles. The zero-order valence-electron chi connectivity index (χ0n) is 19.0.